The Kier molecular flexibility index (Phi) is 5.96. The predicted octanol–water partition coefficient (Wildman–Crippen LogP) is 2.41. The molecule has 1 unspecified atom stereocenters. The molecule has 1 rings (SSSR count). The normalized spacial score (nSPS) is 20.2. The maximum atomic E-state index is 11.9. The van der Waals surface area contributed by atoms with E-state index in [0.29, 0.717) is 0 Å². The van der Waals surface area contributed by atoms with E-state index in [1.54, 1.807) is 7.05 Å². The summed E-state index contributed by atoms with van der Waals surface area (Å²) in [6.45, 7) is -1.31. The molecule has 0 N–H and O–H groups in total. The maximum Gasteiger partial charge on any atom is 0.422 e. The van der Waals surface area contributed by atoms with Crippen LogP contribution in [0, 0.1) is 0 Å². The first kappa shape index (κ1) is 15.4. The highest BCUT2D eigenvalue weighted by atomic mass is 35.5. The number of halogens is 5. The molecule has 16 heavy (non-hydrogen) atoms. The molecule has 3 nitrogen and oxygen atoms in total. The van der Waals surface area contributed by atoms with Crippen LogP contribution in [0.25, 0.3) is 0 Å². The Morgan fingerprint density at radius 1 is 1.56 bits per heavy atom. The number of hydrogen-bond donors (Lipinski definition) is 0. The minimum Gasteiger partial charge on any atom is -0.469 e. The lowest BCUT2D eigenvalue weighted by molar-refractivity contribution is -0.170. The van der Waals surface area contributed by atoms with Crippen molar-refractivity contribution in [3.05, 3.63) is 12.0 Å². The van der Waals surface area contributed by atoms with Crippen LogP contribution in [-0.4, -0.2) is 43.0 Å². The van der Waals surface area contributed by atoms with Crippen LogP contribution in [0.15, 0.2) is 17.0 Å². The van der Waals surface area contributed by atoms with Gasteiger partial charge in [0.2, 0.25) is 0 Å². The van der Waals surface area contributed by atoms with Crippen molar-refractivity contribution < 1.29 is 17.9 Å². The molecule has 8 heteroatoms. The van der Waals surface area contributed by atoms with Gasteiger partial charge in [0, 0.05) is 19.3 Å². The number of aliphatic imine (C=N–C) groups is 1. The minimum absolute atomic E-state index is 0. The third kappa shape index (κ3) is 4.49. The van der Waals surface area contributed by atoms with Gasteiger partial charge in [0.05, 0.1) is 5.88 Å². The van der Waals surface area contributed by atoms with Gasteiger partial charge in [0.25, 0.3) is 0 Å². The molecular weight excluding hydrogens is 268 g/mol. The molecule has 1 aliphatic rings. The van der Waals surface area contributed by atoms with Crippen molar-refractivity contribution in [2.45, 2.75) is 12.3 Å². The first-order chi connectivity index (χ1) is 6.94. The summed E-state index contributed by atoms with van der Waals surface area (Å²) in [6, 6.07) is 0. The molecule has 1 heterocycles. The van der Waals surface area contributed by atoms with Crippen molar-refractivity contribution in [1.29, 1.82) is 0 Å². The van der Waals surface area contributed by atoms with Crippen molar-refractivity contribution >= 4 is 30.2 Å². The van der Waals surface area contributed by atoms with Gasteiger partial charge in [-0.25, -0.2) is 0 Å². The van der Waals surface area contributed by atoms with E-state index in [9.17, 15) is 13.2 Å². The monoisotopic (exact) mass is 278 g/mol. The summed E-state index contributed by atoms with van der Waals surface area (Å²) in [4.78, 5) is 5.41. The van der Waals surface area contributed by atoms with Crippen LogP contribution >= 0.6 is 24.0 Å². The molecule has 0 bridgehead atoms. The van der Waals surface area contributed by atoms with Crippen LogP contribution in [0.2, 0.25) is 0 Å². The summed E-state index contributed by atoms with van der Waals surface area (Å²) in [6.07, 6.45) is -1.96. The lowest BCUT2D eigenvalue weighted by atomic mass is 10.4. The Morgan fingerprint density at radius 3 is 2.69 bits per heavy atom. The van der Waals surface area contributed by atoms with E-state index in [1.165, 1.54) is 17.2 Å². The van der Waals surface area contributed by atoms with Gasteiger partial charge in [-0.1, -0.05) is 0 Å². The van der Waals surface area contributed by atoms with E-state index in [-0.39, 0.29) is 30.3 Å². The topological polar surface area (TPSA) is 24.8 Å². The highest BCUT2D eigenvalue weighted by Gasteiger charge is 2.30. The Morgan fingerprint density at radius 2 is 2.19 bits per heavy atom. The molecule has 0 saturated heterocycles. The van der Waals surface area contributed by atoms with Crippen molar-refractivity contribution in [2.75, 3.05) is 19.5 Å². The summed E-state index contributed by atoms with van der Waals surface area (Å²) in [5, 5.41) is 0. The van der Waals surface area contributed by atoms with Crippen LogP contribution in [0.1, 0.15) is 0 Å². The fraction of sp³-hybridized carbons (Fsp3) is 0.625. The van der Waals surface area contributed by atoms with Crippen LogP contribution in [0.5, 0.6) is 0 Å². The highest BCUT2D eigenvalue weighted by molar-refractivity contribution is 6.18. The van der Waals surface area contributed by atoms with Crippen LogP contribution in [0.4, 0.5) is 13.2 Å². The van der Waals surface area contributed by atoms with Crippen molar-refractivity contribution in [3.63, 3.8) is 0 Å². The zero-order chi connectivity index (χ0) is 11.5. The summed E-state index contributed by atoms with van der Waals surface area (Å²) >= 11 is 5.57. The second kappa shape index (κ2) is 6.20. The standard InChI is InChI=1S/C8H10ClF3N2O.ClH/c1-14-6(4-9)13-3-2-7(14)15-5-8(10,11)12;/h2-3,6H,4-5H2,1H3;1H. The lowest BCUT2D eigenvalue weighted by Crippen LogP contribution is -2.35. The van der Waals surface area contributed by atoms with E-state index in [4.69, 9.17) is 11.6 Å². The molecule has 0 saturated carbocycles. The zero-order valence-electron chi connectivity index (χ0n) is 8.37. The molecule has 0 amide bonds. The van der Waals surface area contributed by atoms with Gasteiger partial charge < -0.3 is 9.64 Å². The number of ether oxygens (including phenoxy) is 1. The molecule has 1 aliphatic heterocycles. The van der Waals surface area contributed by atoms with E-state index in [0.717, 1.165) is 0 Å². The van der Waals surface area contributed by atoms with Crippen molar-refractivity contribution in [2.24, 2.45) is 4.99 Å². The fourth-order valence-electron chi connectivity index (χ4n) is 1.02. The smallest absolute Gasteiger partial charge is 0.422 e. The molecule has 0 radical (unpaired) electrons. The first-order valence-electron chi connectivity index (χ1n) is 4.16. The molecule has 1 atom stereocenters. The van der Waals surface area contributed by atoms with Gasteiger partial charge >= 0.3 is 6.18 Å². The summed E-state index contributed by atoms with van der Waals surface area (Å²) in [5.74, 6) is 0.313. The molecule has 0 aliphatic carbocycles. The first-order valence-corrected chi connectivity index (χ1v) is 4.69. The minimum atomic E-state index is -4.34. The van der Waals surface area contributed by atoms with E-state index in [1.807, 2.05) is 0 Å². The molecule has 0 fully saturated rings. The van der Waals surface area contributed by atoms with Crippen molar-refractivity contribution in [3.8, 4) is 0 Å². The molecule has 0 aromatic heterocycles. The Labute approximate surface area is 102 Å². The number of nitrogens with zero attached hydrogens (tertiary/aromatic N) is 2. The van der Waals surface area contributed by atoms with E-state index in [2.05, 4.69) is 9.73 Å². The Bertz CT molecular complexity index is 281. The third-order valence-electron chi connectivity index (χ3n) is 1.79. The average molecular weight is 279 g/mol. The Balaban J connectivity index is 0.00000225. The maximum absolute atomic E-state index is 11.9. The van der Waals surface area contributed by atoms with Gasteiger partial charge in [0.1, 0.15) is 6.17 Å². The average Bonchev–Trinajstić information content (AvgIpc) is 2.15. The molecule has 94 valence electrons. The number of hydrogen-bond acceptors (Lipinski definition) is 3. The quantitative estimate of drug-likeness (QED) is 0.741. The third-order valence-corrected chi connectivity index (χ3v) is 2.07. The Hall–Kier alpha value is -0.620. The largest absolute Gasteiger partial charge is 0.469 e. The van der Waals surface area contributed by atoms with Gasteiger partial charge in [0.15, 0.2) is 12.5 Å². The second-order valence-electron chi connectivity index (χ2n) is 2.95. The number of alkyl halides is 4. The molecule has 0 aromatic rings. The van der Waals surface area contributed by atoms with Crippen LogP contribution in [0.3, 0.4) is 0 Å². The molecular formula is C8H11Cl2F3N2O. The molecule has 0 spiro atoms. The second-order valence-corrected chi connectivity index (χ2v) is 3.26. The van der Waals surface area contributed by atoms with Crippen LogP contribution < -0.4 is 0 Å². The van der Waals surface area contributed by atoms with Gasteiger partial charge in [-0.15, -0.1) is 24.0 Å². The lowest BCUT2D eigenvalue weighted by Gasteiger charge is -2.29. The highest BCUT2D eigenvalue weighted by Crippen LogP contribution is 2.20. The van der Waals surface area contributed by atoms with Gasteiger partial charge in [-0.3, -0.25) is 4.99 Å². The predicted molar refractivity (Wildman–Crippen MR) is 58.1 cm³/mol. The molecule has 0 aromatic carbocycles. The number of rotatable bonds is 3. The van der Waals surface area contributed by atoms with E-state index >= 15 is 0 Å². The van der Waals surface area contributed by atoms with Gasteiger partial charge in [-0.2, -0.15) is 13.2 Å². The van der Waals surface area contributed by atoms with E-state index < -0.39 is 12.8 Å². The summed E-state index contributed by atoms with van der Waals surface area (Å²) < 4.78 is 40.3. The van der Waals surface area contributed by atoms with Crippen LogP contribution in [-0.2, 0) is 4.74 Å². The number of allylic oxidation sites excluding steroid dienone is 1. The summed E-state index contributed by atoms with van der Waals surface area (Å²) in [5.41, 5.74) is 0. The van der Waals surface area contributed by atoms with Gasteiger partial charge in [-0.05, 0) is 0 Å². The summed E-state index contributed by atoms with van der Waals surface area (Å²) in [7, 11) is 1.58. The zero-order valence-corrected chi connectivity index (χ0v) is 9.94. The SMILES string of the molecule is CN1C(OCC(F)(F)F)=CC=NC1CCl.Cl. The fourth-order valence-corrected chi connectivity index (χ4v) is 1.31. The van der Waals surface area contributed by atoms with Crippen molar-refractivity contribution in [1.82, 2.24) is 4.90 Å².